The monoisotopic (exact) mass is 528 g/mol. The third-order valence-corrected chi connectivity index (χ3v) is 6.41. The zero-order chi connectivity index (χ0) is 24.8. The Morgan fingerprint density at radius 3 is 2.56 bits per heavy atom. The number of carbonyl (C=O) groups is 2. The molecule has 182 valence electrons. The SMILES string of the molecule is CCCCOc1ccc(/C(O)=C2/C(=O)C(=O)N(CCCN(C)C)C2c2cccc(Br)c2)cc1C. The molecule has 1 aliphatic rings. The van der Waals surface area contributed by atoms with Crippen LogP contribution in [-0.2, 0) is 9.59 Å². The maximum absolute atomic E-state index is 13.2. The van der Waals surface area contributed by atoms with Gasteiger partial charge in [0.05, 0.1) is 18.2 Å². The number of nitrogens with zero attached hydrogens (tertiary/aromatic N) is 2. The number of likely N-dealkylation sites (tertiary alicyclic amines) is 1. The van der Waals surface area contributed by atoms with E-state index in [0.29, 0.717) is 25.1 Å². The quantitative estimate of drug-likeness (QED) is 0.196. The second kappa shape index (κ2) is 11.7. The predicted molar refractivity (Wildman–Crippen MR) is 138 cm³/mol. The Hall–Kier alpha value is -2.64. The highest BCUT2D eigenvalue weighted by Gasteiger charge is 2.45. The molecule has 3 rings (SSSR count). The van der Waals surface area contributed by atoms with E-state index in [9.17, 15) is 14.7 Å². The minimum absolute atomic E-state index is 0.118. The van der Waals surface area contributed by atoms with Crippen LogP contribution in [-0.4, -0.2) is 60.4 Å². The summed E-state index contributed by atoms with van der Waals surface area (Å²) < 4.78 is 6.66. The number of Topliss-reactive ketones (excluding diaryl/α,β-unsaturated/α-hetero) is 1. The van der Waals surface area contributed by atoms with Gasteiger partial charge in [-0.05, 0) is 81.9 Å². The van der Waals surface area contributed by atoms with Crippen LogP contribution in [0.15, 0.2) is 52.5 Å². The first kappa shape index (κ1) is 26.0. The molecule has 0 aromatic heterocycles. The molecule has 1 N–H and O–H groups in total. The number of amides is 1. The van der Waals surface area contributed by atoms with E-state index >= 15 is 0 Å². The molecule has 1 saturated heterocycles. The van der Waals surface area contributed by atoms with Gasteiger partial charge < -0.3 is 19.6 Å². The first-order valence-electron chi connectivity index (χ1n) is 11.7. The van der Waals surface area contributed by atoms with Crippen LogP contribution in [0.25, 0.3) is 5.76 Å². The molecule has 0 spiro atoms. The van der Waals surface area contributed by atoms with Gasteiger partial charge in [-0.15, -0.1) is 0 Å². The number of rotatable bonds is 10. The van der Waals surface area contributed by atoms with E-state index in [-0.39, 0.29) is 11.3 Å². The van der Waals surface area contributed by atoms with E-state index in [1.807, 2.05) is 50.2 Å². The number of ether oxygens (including phenoxy) is 1. The highest BCUT2D eigenvalue weighted by molar-refractivity contribution is 9.10. The molecule has 2 aromatic carbocycles. The zero-order valence-corrected chi connectivity index (χ0v) is 21.9. The summed E-state index contributed by atoms with van der Waals surface area (Å²) in [7, 11) is 3.94. The minimum Gasteiger partial charge on any atom is -0.507 e. The lowest BCUT2D eigenvalue weighted by atomic mass is 9.94. The largest absolute Gasteiger partial charge is 0.507 e. The van der Waals surface area contributed by atoms with Crippen molar-refractivity contribution in [2.24, 2.45) is 0 Å². The topological polar surface area (TPSA) is 70.1 Å². The van der Waals surface area contributed by atoms with E-state index < -0.39 is 17.7 Å². The highest BCUT2D eigenvalue weighted by Crippen LogP contribution is 2.40. The second-order valence-electron chi connectivity index (χ2n) is 8.89. The molecule has 0 radical (unpaired) electrons. The smallest absolute Gasteiger partial charge is 0.295 e. The van der Waals surface area contributed by atoms with E-state index in [0.717, 1.165) is 40.7 Å². The van der Waals surface area contributed by atoms with E-state index in [4.69, 9.17) is 4.74 Å². The van der Waals surface area contributed by atoms with Crippen LogP contribution in [0.2, 0.25) is 0 Å². The van der Waals surface area contributed by atoms with Gasteiger partial charge >= 0.3 is 0 Å². The fraction of sp³-hybridized carbons (Fsp3) is 0.407. The van der Waals surface area contributed by atoms with Gasteiger partial charge in [-0.3, -0.25) is 9.59 Å². The van der Waals surface area contributed by atoms with Gasteiger partial charge in [0, 0.05) is 16.6 Å². The summed E-state index contributed by atoms with van der Waals surface area (Å²) >= 11 is 3.49. The number of aliphatic hydroxyl groups is 1. The number of aryl methyl sites for hydroxylation is 1. The summed E-state index contributed by atoms with van der Waals surface area (Å²) in [5.41, 5.74) is 2.24. The van der Waals surface area contributed by atoms with Crippen molar-refractivity contribution < 1.29 is 19.4 Å². The molecule has 2 aromatic rings. The van der Waals surface area contributed by atoms with Crippen LogP contribution < -0.4 is 4.74 Å². The fourth-order valence-corrected chi connectivity index (χ4v) is 4.55. The average Bonchev–Trinajstić information content (AvgIpc) is 3.04. The van der Waals surface area contributed by atoms with Crippen molar-refractivity contribution in [3.8, 4) is 5.75 Å². The first-order chi connectivity index (χ1) is 16.2. The molecule has 6 nitrogen and oxygen atoms in total. The minimum atomic E-state index is -0.659. The Labute approximate surface area is 210 Å². The molecule has 34 heavy (non-hydrogen) atoms. The molecule has 0 aliphatic carbocycles. The molecule has 1 heterocycles. The van der Waals surface area contributed by atoms with Crippen molar-refractivity contribution in [2.45, 2.75) is 39.2 Å². The van der Waals surface area contributed by atoms with E-state index in [1.165, 1.54) is 0 Å². The lowest BCUT2D eigenvalue weighted by molar-refractivity contribution is -0.139. The summed E-state index contributed by atoms with van der Waals surface area (Å²) in [4.78, 5) is 29.8. The van der Waals surface area contributed by atoms with Gasteiger partial charge in [0.15, 0.2) is 0 Å². The summed E-state index contributed by atoms with van der Waals surface area (Å²) in [6, 6.07) is 12.2. The molecular formula is C27H33BrN2O4. The number of ketones is 1. The number of hydrogen-bond acceptors (Lipinski definition) is 5. The molecular weight excluding hydrogens is 496 g/mol. The number of carbonyl (C=O) groups excluding carboxylic acids is 2. The number of halogens is 1. The van der Waals surface area contributed by atoms with Crippen LogP contribution in [0.1, 0.15) is 48.9 Å². The molecule has 1 aliphatic heterocycles. The average molecular weight is 529 g/mol. The Bertz CT molecular complexity index is 1080. The van der Waals surface area contributed by atoms with Crippen molar-refractivity contribution in [2.75, 3.05) is 33.8 Å². The molecule has 1 unspecified atom stereocenters. The second-order valence-corrected chi connectivity index (χ2v) is 9.80. The molecule has 1 fully saturated rings. The van der Waals surface area contributed by atoms with E-state index in [1.54, 1.807) is 23.1 Å². The Morgan fingerprint density at radius 1 is 1.15 bits per heavy atom. The number of unbranched alkanes of at least 4 members (excludes halogenated alkanes) is 1. The van der Waals surface area contributed by atoms with Crippen molar-refractivity contribution in [3.63, 3.8) is 0 Å². The standard InChI is InChI=1S/C27H33BrN2O4/c1-5-6-15-34-22-12-11-20(16-18(22)2)25(31)23-24(19-9-7-10-21(28)17-19)30(27(33)26(23)32)14-8-13-29(3)4/h7,9-12,16-17,24,31H,5-6,8,13-15H2,1-4H3/b25-23-. The normalized spacial score (nSPS) is 17.6. The molecule has 1 atom stereocenters. The van der Waals surface area contributed by atoms with Gasteiger partial charge in [-0.25, -0.2) is 0 Å². The maximum atomic E-state index is 13.2. The molecule has 0 saturated carbocycles. The molecule has 0 bridgehead atoms. The highest BCUT2D eigenvalue weighted by atomic mass is 79.9. The maximum Gasteiger partial charge on any atom is 0.295 e. The van der Waals surface area contributed by atoms with E-state index in [2.05, 4.69) is 22.9 Å². The van der Waals surface area contributed by atoms with Gasteiger partial charge in [0.25, 0.3) is 11.7 Å². The summed E-state index contributed by atoms with van der Waals surface area (Å²) in [5, 5.41) is 11.3. The summed E-state index contributed by atoms with van der Waals surface area (Å²) in [6.07, 6.45) is 2.72. The van der Waals surface area contributed by atoms with Crippen LogP contribution in [0.4, 0.5) is 0 Å². The van der Waals surface area contributed by atoms with Crippen LogP contribution in [0.3, 0.4) is 0 Å². The van der Waals surface area contributed by atoms with Crippen molar-refractivity contribution in [3.05, 3.63) is 69.2 Å². The Balaban J connectivity index is 2.03. The fourth-order valence-electron chi connectivity index (χ4n) is 4.13. The van der Waals surface area contributed by atoms with Gasteiger partial charge in [-0.1, -0.05) is 41.4 Å². The number of benzene rings is 2. The lowest BCUT2D eigenvalue weighted by Crippen LogP contribution is -2.32. The van der Waals surface area contributed by atoms with Crippen molar-refractivity contribution in [1.82, 2.24) is 9.80 Å². The van der Waals surface area contributed by atoms with Crippen LogP contribution in [0, 0.1) is 6.92 Å². The predicted octanol–water partition coefficient (Wildman–Crippen LogP) is 5.31. The summed E-state index contributed by atoms with van der Waals surface area (Å²) in [5.74, 6) is -0.658. The summed E-state index contributed by atoms with van der Waals surface area (Å²) in [6.45, 7) is 5.84. The first-order valence-corrected chi connectivity index (χ1v) is 12.5. The zero-order valence-electron chi connectivity index (χ0n) is 20.3. The third-order valence-electron chi connectivity index (χ3n) is 5.91. The molecule has 7 heteroatoms. The third kappa shape index (κ3) is 5.88. The lowest BCUT2D eigenvalue weighted by Gasteiger charge is -2.26. The number of hydrogen-bond donors (Lipinski definition) is 1. The van der Waals surface area contributed by atoms with Gasteiger partial charge in [-0.2, -0.15) is 0 Å². The molecule has 1 amide bonds. The van der Waals surface area contributed by atoms with Gasteiger partial charge in [0.2, 0.25) is 0 Å². The Kier molecular flexibility index (Phi) is 8.91. The van der Waals surface area contributed by atoms with Crippen molar-refractivity contribution >= 4 is 33.4 Å². The van der Waals surface area contributed by atoms with Crippen LogP contribution in [0.5, 0.6) is 5.75 Å². The van der Waals surface area contributed by atoms with Gasteiger partial charge in [0.1, 0.15) is 11.5 Å². The number of aliphatic hydroxyl groups excluding tert-OH is 1. The Morgan fingerprint density at radius 2 is 1.91 bits per heavy atom. The van der Waals surface area contributed by atoms with Crippen molar-refractivity contribution in [1.29, 1.82) is 0 Å². The van der Waals surface area contributed by atoms with Crippen LogP contribution >= 0.6 is 15.9 Å².